The Hall–Kier alpha value is -2.23. The third-order valence-electron chi connectivity index (χ3n) is 1.81. The highest BCUT2D eigenvalue weighted by Crippen LogP contribution is 2.23. The number of nitrogen functional groups attached to an aromatic ring is 1. The van der Waals surface area contributed by atoms with E-state index in [1.165, 1.54) is 0 Å². The standard InChI is InChI=1S/C9H7F2N3O2/c1-16-9(15)4-2-6(7(10)11)14-8(13)5(4)3-12/h2,7H,1H3,(H2,13,14). The summed E-state index contributed by atoms with van der Waals surface area (Å²) in [6.45, 7) is 0. The summed E-state index contributed by atoms with van der Waals surface area (Å²) in [4.78, 5) is 14.5. The molecule has 7 heteroatoms. The van der Waals surface area contributed by atoms with E-state index in [9.17, 15) is 13.6 Å². The Morgan fingerprint density at radius 1 is 1.69 bits per heavy atom. The first kappa shape index (κ1) is 11.8. The molecule has 0 saturated heterocycles. The van der Waals surface area contributed by atoms with Crippen molar-refractivity contribution >= 4 is 11.8 Å². The quantitative estimate of drug-likeness (QED) is 0.768. The number of ether oxygens (including phenoxy) is 1. The maximum absolute atomic E-state index is 12.4. The minimum absolute atomic E-state index is 0.267. The van der Waals surface area contributed by atoms with Gasteiger partial charge in [-0.1, -0.05) is 0 Å². The number of hydrogen-bond donors (Lipinski definition) is 1. The Kier molecular flexibility index (Phi) is 3.35. The molecule has 0 aliphatic heterocycles. The Morgan fingerprint density at radius 3 is 2.75 bits per heavy atom. The molecule has 1 aromatic heterocycles. The van der Waals surface area contributed by atoms with Crippen molar-refractivity contribution in [2.75, 3.05) is 12.8 Å². The van der Waals surface area contributed by atoms with Gasteiger partial charge in [0.05, 0.1) is 12.7 Å². The van der Waals surface area contributed by atoms with Crippen molar-refractivity contribution in [2.24, 2.45) is 0 Å². The molecule has 1 aromatic rings. The Morgan fingerprint density at radius 2 is 2.31 bits per heavy atom. The first-order valence-corrected chi connectivity index (χ1v) is 4.08. The van der Waals surface area contributed by atoms with Crippen molar-refractivity contribution in [3.63, 3.8) is 0 Å². The number of aromatic nitrogens is 1. The monoisotopic (exact) mass is 227 g/mol. The summed E-state index contributed by atoms with van der Waals surface area (Å²) >= 11 is 0. The minimum Gasteiger partial charge on any atom is -0.465 e. The average Bonchev–Trinajstić information content (AvgIpc) is 2.26. The number of rotatable bonds is 2. The Bertz CT molecular complexity index is 469. The zero-order valence-electron chi connectivity index (χ0n) is 8.20. The van der Waals surface area contributed by atoms with Crippen LogP contribution in [0.2, 0.25) is 0 Å². The number of nitrogens with two attached hydrogens (primary N) is 1. The van der Waals surface area contributed by atoms with Crippen molar-refractivity contribution in [1.82, 2.24) is 4.98 Å². The summed E-state index contributed by atoms with van der Waals surface area (Å²) in [5, 5.41) is 8.71. The molecule has 0 bridgehead atoms. The van der Waals surface area contributed by atoms with Crippen LogP contribution < -0.4 is 5.73 Å². The van der Waals surface area contributed by atoms with Gasteiger partial charge in [-0.15, -0.1) is 0 Å². The molecular formula is C9H7F2N3O2. The van der Waals surface area contributed by atoms with Gasteiger partial charge < -0.3 is 10.5 Å². The van der Waals surface area contributed by atoms with E-state index in [0.717, 1.165) is 13.2 Å². The smallest absolute Gasteiger partial charge is 0.339 e. The van der Waals surface area contributed by atoms with Crippen molar-refractivity contribution in [1.29, 1.82) is 5.26 Å². The van der Waals surface area contributed by atoms with E-state index in [-0.39, 0.29) is 11.1 Å². The van der Waals surface area contributed by atoms with Gasteiger partial charge in [0.25, 0.3) is 6.43 Å². The zero-order chi connectivity index (χ0) is 12.3. The van der Waals surface area contributed by atoms with Gasteiger partial charge in [0, 0.05) is 0 Å². The highest BCUT2D eigenvalue weighted by Gasteiger charge is 2.20. The van der Waals surface area contributed by atoms with E-state index >= 15 is 0 Å². The average molecular weight is 227 g/mol. The highest BCUT2D eigenvalue weighted by atomic mass is 19.3. The number of hydrogen-bond acceptors (Lipinski definition) is 5. The maximum Gasteiger partial charge on any atom is 0.339 e. The van der Waals surface area contributed by atoms with Crippen LogP contribution in [0.5, 0.6) is 0 Å². The van der Waals surface area contributed by atoms with E-state index in [4.69, 9.17) is 11.0 Å². The van der Waals surface area contributed by atoms with Crippen molar-refractivity contribution < 1.29 is 18.3 Å². The number of nitriles is 1. The molecular weight excluding hydrogens is 220 g/mol. The van der Waals surface area contributed by atoms with Crippen LogP contribution in [-0.2, 0) is 4.74 Å². The molecule has 0 amide bonds. The third-order valence-corrected chi connectivity index (χ3v) is 1.81. The predicted octanol–water partition coefficient (Wildman–Crippen LogP) is 1.26. The van der Waals surface area contributed by atoms with E-state index < -0.39 is 23.9 Å². The van der Waals surface area contributed by atoms with Gasteiger partial charge in [0.1, 0.15) is 23.1 Å². The topological polar surface area (TPSA) is 89.0 Å². The van der Waals surface area contributed by atoms with E-state index in [1.54, 1.807) is 6.07 Å². The van der Waals surface area contributed by atoms with Gasteiger partial charge in [0.2, 0.25) is 0 Å². The lowest BCUT2D eigenvalue weighted by Crippen LogP contribution is -2.10. The number of nitrogens with zero attached hydrogens (tertiary/aromatic N) is 2. The molecule has 0 unspecified atom stereocenters. The Labute approximate surface area is 89.4 Å². The number of alkyl halides is 2. The molecule has 1 heterocycles. The van der Waals surface area contributed by atoms with Gasteiger partial charge >= 0.3 is 5.97 Å². The van der Waals surface area contributed by atoms with Crippen LogP contribution in [0.4, 0.5) is 14.6 Å². The minimum atomic E-state index is -2.88. The molecule has 2 N–H and O–H groups in total. The molecule has 0 aromatic carbocycles. The molecule has 1 rings (SSSR count). The number of pyridine rings is 1. The lowest BCUT2D eigenvalue weighted by Gasteiger charge is -2.07. The molecule has 0 aliphatic rings. The van der Waals surface area contributed by atoms with Gasteiger partial charge in [-0.25, -0.2) is 18.6 Å². The van der Waals surface area contributed by atoms with E-state index in [2.05, 4.69) is 9.72 Å². The zero-order valence-corrected chi connectivity index (χ0v) is 8.20. The molecule has 0 radical (unpaired) electrons. The lowest BCUT2D eigenvalue weighted by atomic mass is 10.1. The van der Waals surface area contributed by atoms with Crippen molar-refractivity contribution in [3.05, 3.63) is 22.9 Å². The fourth-order valence-electron chi connectivity index (χ4n) is 1.09. The fraction of sp³-hybridized carbons (Fsp3) is 0.222. The number of carbonyl (C=O) groups excluding carboxylic acids is 1. The van der Waals surface area contributed by atoms with Crippen LogP contribution >= 0.6 is 0 Å². The van der Waals surface area contributed by atoms with Gasteiger partial charge in [-0.05, 0) is 6.07 Å². The highest BCUT2D eigenvalue weighted by molar-refractivity contribution is 5.93. The summed E-state index contributed by atoms with van der Waals surface area (Å²) < 4.78 is 29.1. The number of esters is 1. The van der Waals surface area contributed by atoms with Crippen molar-refractivity contribution in [3.8, 4) is 6.07 Å². The van der Waals surface area contributed by atoms with Crippen LogP contribution in [0.1, 0.15) is 28.0 Å². The molecule has 84 valence electrons. The summed E-state index contributed by atoms with van der Waals surface area (Å²) in [5.74, 6) is -1.33. The van der Waals surface area contributed by atoms with Crippen molar-refractivity contribution in [2.45, 2.75) is 6.43 Å². The van der Waals surface area contributed by atoms with Crippen LogP contribution in [0, 0.1) is 11.3 Å². The molecule has 0 atom stereocenters. The molecule has 5 nitrogen and oxygen atoms in total. The summed E-state index contributed by atoms with van der Waals surface area (Å²) in [6.07, 6.45) is -2.88. The Balaban J connectivity index is 3.44. The normalized spacial score (nSPS) is 9.94. The second-order valence-electron chi connectivity index (χ2n) is 2.76. The van der Waals surface area contributed by atoms with Gasteiger partial charge in [-0.2, -0.15) is 5.26 Å². The second kappa shape index (κ2) is 4.53. The number of anilines is 1. The molecule has 0 aliphatic carbocycles. The number of halogens is 2. The predicted molar refractivity (Wildman–Crippen MR) is 49.7 cm³/mol. The van der Waals surface area contributed by atoms with Crippen LogP contribution in [-0.4, -0.2) is 18.1 Å². The van der Waals surface area contributed by atoms with E-state index in [1.807, 2.05) is 0 Å². The van der Waals surface area contributed by atoms with Gasteiger partial charge in [-0.3, -0.25) is 0 Å². The summed E-state index contributed by atoms with van der Waals surface area (Å²) in [5.41, 5.74) is 4.04. The molecule has 0 saturated carbocycles. The van der Waals surface area contributed by atoms with Crippen LogP contribution in [0.25, 0.3) is 0 Å². The summed E-state index contributed by atoms with van der Waals surface area (Å²) in [7, 11) is 1.07. The summed E-state index contributed by atoms with van der Waals surface area (Å²) in [6, 6.07) is 2.41. The lowest BCUT2D eigenvalue weighted by molar-refractivity contribution is 0.0599. The SMILES string of the molecule is COC(=O)c1cc(C(F)F)nc(N)c1C#N. The second-order valence-corrected chi connectivity index (χ2v) is 2.76. The number of methoxy groups -OCH3 is 1. The van der Waals surface area contributed by atoms with E-state index in [0.29, 0.717) is 0 Å². The first-order chi connectivity index (χ1) is 7.51. The van der Waals surface area contributed by atoms with Gasteiger partial charge in [0.15, 0.2) is 0 Å². The first-order valence-electron chi connectivity index (χ1n) is 4.08. The van der Waals surface area contributed by atoms with Crippen LogP contribution in [0.3, 0.4) is 0 Å². The molecule has 0 fully saturated rings. The largest absolute Gasteiger partial charge is 0.465 e. The molecule has 16 heavy (non-hydrogen) atoms. The maximum atomic E-state index is 12.4. The third kappa shape index (κ3) is 2.06. The molecule has 0 spiro atoms. The number of carbonyl (C=O) groups is 1. The van der Waals surface area contributed by atoms with Crippen LogP contribution in [0.15, 0.2) is 6.07 Å². The fourth-order valence-corrected chi connectivity index (χ4v) is 1.09.